The third kappa shape index (κ3) is 5.69. The van der Waals surface area contributed by atoms with E-state index < -0.39 is 5.97 Å². The number of aryl methyl sites for hydroxylation is 1. The molecule has 31 heavy (non-hydrogen) atoms. The van der Waals surface area contributed by atoms with Crippen LogP contribution in [0, 0.1) is 6.92 Å². The second kappa shape index (κ2) is 10.3. The van der Waals surface area contributed by atoms with Gasteiger partial charge in [-0.15, -0.1) is 11.3 Å². The Balaban J connectivity index is 1.92. The Hall–Kier alpha value is -2.31. The molecular weight excluding hydrogens is 477 g/mol. The number of amides is 1. The molecule has 8 heteroatoms. The van der Waals surface area contributed by atoms with Crippen molar-refractivity contribution in [2.75, 3.05) is 11.9 Å². The van der Waals surface area contributed by atoms with Gasteiger partial charge in [-0.25, -0.2) is 4.79 Å². The number of hydrogen-bond donors (Lipinski definition) is 1. The average molecular weight is 495 g/mol. The largest absolute Gasteiger partial charge is 0.462 e. The molecule has 0 saturated carbocycles. The molecule has 0 atom stereocenters. The highest BCUT2D eigenvalue weighted by molar-refractivity contribution is 7.17. The van der Waals surface area contributed by atoms with Gasteiger partial charge in [-0.3, -0.25) is 4.79 Å². The van der Waals surface area contributed by atoms with E-state index in [4.69, 9.17) is 39.5 Å². The molecule has 1 heterocycles. The van der Waals surface area contributed by atoms with E-state index in [0.29, 0.717) is 31.2 Å². The van der Waals surface area contributed by atoms with Gasteiger partial charge < -0.3 is 10.1 Å². The van der Waals surface area contributed by atoms with E-state index in [2.05, 4.69) is 5.32 Å². The summed E-state index contributed by atoms with van der Waals surface area (Å²) in [6.07, 6.45) is 2.98. The first-order chi connectivity index (χ1) is 14.8. The molecule has 1 aromatic heterocycles. The Morgan fingerprint density at radius 2 is 1.77 bits per heavy atom. The Kier molecular flexibility index (Phi) is 7.79. The van der Waals surface area contributed by atoms with Crippen LogP contribution >= 0.6 is 46.1 Å². The van der Waals surface area contributed by atoms with Gasteiger partial charge in [0.05, 0.1) is 16.7 Å². The minimum atomic E-state index is -0.499. The number of benzene rings is 2. The number of halogens is 3. The van der Waals surface area contributed by atoms with Crippen LogP contribution in [-0.4, -0.2) is 18.5 Å². The summed E-state index contributed by atoms with van der Waals surface area (Å²) in [6, 6.07) is 12.2. The number of carbonyl (C=O) groups excluding carboxylic acids is 2. The van der Waals surface area contributed by atoms with Crippen molar-refractivity contribution in [1.82, 2.24) is 0 Å². The van der Waals surface area contributed by atoms with Crippen LogP contribution in [0.4, 0.5) is 5.00 Å². The van der Waals surface area contributed by atoms with Crippen LogP contribution in [0.2, 0.25) is 15.1 Å². The smallest absolute Gasteiger partial charge is 0.341 e. The van der Waals surface area contributed by atoms with Crippen LogP contribution in [0.1, 0.15) is 27.7 Å². The molecule has 0 aliphatic carbocycles. The van der Waals surface area contributed by atoms with Crippen LogP contribution in [0.3, 0.4) is 0 Å². The van der Waals surface area contributed by atoms with Crippen molar-refractivity contribution in [1.29, 1.82) is 0 Å². The Morgan fingerprint density at radius 3 is 2.42 bits per heavy atom. The topological polar surface area (TPSA) is 55.4 Å². The van der Waals surface area contributed by atoms with Crippen LogP contribution in [0.25, 0.3) is 17.2 Å². The zero-order chi connectivity index (χ0) is 22.5. The van der Waals surface area contributed by atoms with Crippen molar-refractivity contribution in [2.24, 2.45) is 0 Å². The zero-order valence-electron chi connectivity index (χ0n) is 16.7. The molecule has 0 bridgehead atoms. The van der Waals surface area contributed by atoms with Gasteiger partial charge in [-0.05, 0) is 55.3 Å². The van der Waals surface area contributed by atoms with E-state index >= 15 is 0 Å². The highest BCUT2D eigenvalue weighted by atomic mass is 35.5. The number of hydrogen-bond acceptors (Lipinski definition) is 4. The maximum atomic E-state index is 12.7. The molecule has 0 aliphatic heterocycles. The second-order valence-corrected chi connectivity index (χ2v) is 8.94. The molecule has 0 spiro atoms. The number of ether oxygens (including phenoxy) is 1. The lowest BCUT2D eigenvalue weighted by Crippen LogP contribution is -2.12. The minimum Gasteiger partial charge on any atom is -0.462 e. The van der Waals surface area contributed by atoms with E-state index in [1.165, 1.54) is 17.4 Å². The molecular formula is C23H18Cl3NO3S. The SMILES string of the molecule is CCOC(=O)c1c(NC(=O)/C=C/c2ccc(Cl)c(Cl)c2)sc(C)c1-c1ccc(Cl)cc1. The van der Waals surface area contributed by atoms with E-state index in [-0.39, 0.29) is 12.5 Å². The maximum Gasteiger partial charge on any atom is 0.341 e. The molecule has 160 valence electrons. The van der Waals surface area contributed by atoms with Crippen LogP contribution in [0.5, 0.6) is 0 Å². The number of rotatable bonds is 6. The van der Waals surface area contributed by atoms with Crippen molar-refractivity contribution in [3.63, 3.8) is 0 Å². The lowest BCUT2D eigenvalue weighted by molar-refractivity contribution is -0.111. The first-order valence-corrected chi connectivity index (χ1v) is 11.3. The number of thiophene rings is 1. The summed E-state index contributed by atoms with van der Waals surface area (Å²) < 4.78 is 5.25. The standard InChI is InChI=1S/C23H18Cl3NO3S/c1-3-30-23(29)21-20(15-6-8-16(24)9-7-15)13(2)31-22(21)27-19(28)11-5-14-4-10-17(25)18(26)12-14/h4-12H,3H2,1-2H3,(H,27,28)/b11-5+. The molecule has 3 aromatic rings. The summed E-state index contributed by atoms with van der Waals surface area (Å²) in [6.45, 7) is 3.84. The predicted octanol–water partition coefficient (Wildman–Crippen LogP) is 7.51. The zero-order valence-corrected chi connectivity index (χ0v) is 19.8. The fourth-order valence-corrected chi connectivity index (χ4v) is 4.44. The molecule has 1 N–H and O–H groups in total. The molecule has 0 fully saturated rings. The molecule has 0 unspecified atom stereocenters. The summed E-state index contributed by atoms with van der Waals surface area (Å²) in [5.74, 6) is -0.888. The van der Waals surface area contributed by atoms with Crippen molar-refractivity contribution in [3.8, 4) is 11.1 Å². The summed E-state index contributed by atoms with van der Waals surface area (Å²) in [5.41, 5.74) is 2.57. The van der Waals surface area contributed by atoms with E-state index in [9.17, 15) is 9.59 Å². The van der Waals surface area contributed by atoms with Crippen molar-refractivity contribution < 1.29 is 14.3 Å². The highest BCUT2D eigenvalue weighted by Crippen LogP contribution is 2.40. The lowest BCUT2D eigenvalue weighted by atomic mass is 10.0. The van der Waals surface area contributed by atoms with Gasteiger partial charge in [0.1, 0.15) is 10.6 Å². The van der Waals surface area contributed by atoms with Crippen molar-refractivity contribution in [2.45, 2.75) is 13.8 Å². The molecule has 3 rings (SSSR count). The van der Waals surface area contributed by atoms with Gasteiger partial charge in [0.2, 0.25) is 5.91 Å². The Bertz CT molecular complexity index is 1150. The normalized spacial score (nSPS) is 11.0. The van der Waals surface area contributed by atoms with Gasteiger partial charge in [0, 0.05) is 21.5 Å². The first kappa shape index (κ1) is 23.4. The molecule has 0 aliphatic rings. The summed E-state index contributed by atoms with van der Waals surface area (Å²) in [4.78, 5) is 26.2. The highest BCUT2D eigenvalue weighted by Gasteiger charge is 2.25. The fourth-order valence-electron chi connectivity index (χ4n) is 2.94. The molecule has 2 aromatic carbocycles. The second-order valence-electron chi connectivity index (χ2n) is 6.46. The van der Waals surface area contributed by atoms with Crippen LogP contribution in [0.15, 0.2) is 48.5 Å². The summed E-state index contributed by atoms with van der Waals surface area (Å²) in [7, 11) is 0. The summed E-state index contributed by atoms with van der Waals surface area (Å²) in [5, 5.41) is 4.64. The van der Waals surface area contributed by atoms with E-state index in [0.717, 1.165) is 16.0 Å². The molecule has 1 amide bonds. The van der Waals surface area contributed by atoms with E-state index in [1.807, 2.05) is 19.1 Å². The van der Waals surface area contributed by atoms with Crippen LogP contribution < -0.4 is 5.32 Å². The number of carbonyl (C=O) groups is 2. The minimum absolute atomic E-state index is 0.221. The summed E-state index contributed by atoms with van der Waals surface area (Å²) >= 11 is 19.2. The maximum absolute atomic E-state index is 12.7. The Labute approximate surface area is 199 Å². The number of anilines is 1. The quantitative estimate of drug-likeness (QED) is 0.285. The van der Waals surface area contributed by atoms with Gasteiger partial charge in [-0.1, -0.05) is 53.0 Å². The monoisotopic (exact) mass is 493 g/mol. The number of nitrogens with one attached hydrogen (secondary N) is 1. The number of esters is 1. The lowest BCUT2D eigenvalue weighted by Gasteiger charge is -2.08. The van der Waals surface area contributed by atoms with E-state index in [1.54, 1.807) is 43.3 Å². The Morgan fingerprint density at radius 1 is 1.06 bits per heavy atom. The van der Waals surface area contributed by atoms with Gasteiger partial charge in [0.25, 0.3) is 0 Å². The van der Waals surface area contributed by atoms with Gasteiger partial charge >= 0.3 is 5.97 Å². The van der Waals surface area contributed by atoms with Crippen LogP contribution in [-0.2, 0) is 9.53 Å². The molecule has 0 saturated heterocycles. The third-order valence-electron chi connectivity index (χ3n) is 4.30. The first-order valence-electron chi connectivity index (χ1n) is 9.30. The fraction of sp³-hybridized carbons (Fsp3) is 0.130. The van der Waals surface area contributed by atoms with Gasteiger partial charge in [0.15, 0.2) is 0 Å². The van der Waals surface area contributed by atoms with Crippen molar-refractivity contribution >= 4 is 69.1 Å². The third-order valence-corrected chi connectivity index (χ3v) is 6.32. The van der Waals surface area contributed by atoms with Gasteiger partial charge in [-0.2, -0.15) is 0 Å². The predicted molar refractivity (Wildman–Crippen MR) is 130 cm³/mol. The van der Waals surface area contributed by atoms with Crippen molar-refractivity contribution in [3.05, 3.63) is 79.6 Å². The average Bonchev–Trinajstić information content (AvgIpc) is 3.05. The molecule has 0 radical (unpaired) electrons. The molecule has 4 nitrogen and oxygen atoms in total.